The summed E-state index contributed by atoms with van der Waals surface area (Å²) in [6.07, 6.45) is 4.24. The minimum Gasteiger partial charge on any atom is -0.494 e. The largest absolute Gasteiger partial charge is 0.494 e. The second kappa shape index (κ2) is 8.76. The van der Waals surface area contributed by atoms with E-state index in [1.54, 1.807) is 0 Å². The Labute approximate surface area is 117 Å². The van der Waals surface area contributed by atoms with Crippen molar-refractivity contribution >= 4 is 0 Å². The van der Waals surface area contributed by atoms with Gasteiger partial charge in [-0.25, -0.2) is 0 Å². The molecule has 0 radical (unpaired) electrons. The Kier molecular flexibility index (Phi) is 7.27. The molecule has 0 saturated heterocycles. The molecule has 0 spiro atoms. The Morgan fingerprint density at radius 3 is 2.74 bits per heavy atom. The van der Waals surface area contributed by atoms with E-state index >= 15 is 0 Å². The van der Waals surface area contributed by atoms with E-state index in [4.69, 9.17) is 4.74 Å². The quantitative estimate of drug-likeness (QED) is 0.537. The molecular weight excluding hydrogens is 234 g/mol. The van der Waals surface area contributed by atoms with Crippen molar-refractivity contribution in [1.29, 1.82) is 0 Å². The highest BCUT2D eigenvalue weighted by Gasteiger charge is 2.04. The minimum atomic E-state index is 0.578. The lowest BCUT2D eigenvalue weighted by Gasteiger charge is -2.12. The number of hydrogen-bond acceptors (Lipinski definition) is 1. The van der Waals surface area contributed by atoms with Gasteiger partial charge in [-0.2, -0.15) is 0 Å². The average Bonchev–Trinajstić information content (AvgIpc) is 2.37. The molecule has 0 aromatic heterocycles. The summed E-state index contributed by atoms with van der Waals surface area (Å²) in [5, 5.41) is 2.27. The lowest BCUT2D eigenvalue weighted by molar-refractivity contribution is -0.646. The summed E-state index contributed by atoms with van der Waals surface area (Å²) in [6.45, 7) is 13.3. The summed E-state index contributed by atoms with van der Waals surface area (Å²) in [4.78, 5) is 0. The summed E-state index contributed by atoms with van der Waals surface area (Å²) >= 11 is 0. The summed E-state index contributed by atoms with van der Waals surface area (Å²) in [6, 6.07) is 6.43. The van der Waals surface area contributed by atoms with Crippen LogP contribution in [0, 0.1) is 6.92 Å². The second-order valence-corrected chi connectivity index (χ2v) is 5.33. The van der Waals surface area contributed by atoms with Crippen molar-refractivity contribution in [3.8, 4) is 5.75 Å². The normalized spacial score (nSPS) is 10.7. The van der Waals surface area contributed by atoms with Crippen molar-refractivity contribution in [2.75, 3.05) is 19.7 Å². The molecule has 0 atom stereocenters. The highest BCUT2D eigenvalue weighted by Crippen LogP contribution is 2.23. The second-order valence-electron chi connectivity index (χ2n) is 5.33. The zero-order valence-electron chi connectivity index (χ0n) is 12.6. The minimum absolute atomic E-state index is 0.578. The zero-order valence-corrected chi connectivity index (χ0v) is 12.6. The van der Waals surface area contributed by atoms with Crippen LogP contribution in [0.25, 0.3) is 0 Å². The van der Waals surface area contributed by atoms with E-state index in [0.717, 1.165) is 31.9 Å². The first-order chi connectivity index (χ1) is 9.15. The van der Waals surface area contributed by atoms with Crippen molar-refractivity contribution < 1.29 is 10.1 Å². The number of ether oxygens (including phenoxy) is 1. The molecule has 0 heterocycles. The standard InChI is InChI=1S/C17H27NO/c1-5-10-18-11-6-7-12-19-16-8-9-17(14(2)3)15(4)13-16/h5,8-9,13-14,18H,1,6-7,10-12H2,2-4H3/p+1. The van der Waals surface area contributed by atoms with E-state index in [1.807, 2.05) is 6.08 Å². The van der Waals surface area contributed by atoms with Gasteiger partial charge in [-0.3, -0.25) is 0 Å². The fraction of sp³-hybridized carbons (Fsp3) is 0.529. The molecule has 19 heavy (non-hydrogen) atoms. The van der Waals surface area contributed by atoms with E-state index in [9.17, 15) is 0 Å². The summed E-state index contributed by atoms with van der Waals surface area (Å²) < 4.78 is 5.79. The van der Waals surface area contributed by atoms with E-state index < -0.39 is 0 Å². The lowest BCUT2D eigenvalue weighted by Crippen LogP contribution is -2.83. The van der Waals surface area contributed by atoms with Gasteiger partial charge in [0.1, 0.15) is 5.75 Å². The van der Waals surface area contributed by atoms with Crippen molar-refractivity contribution in [3.05, 3.63) is 42.0 Å². The van der Waals surface area contributed by atoms with Crippen LogP contribution >= 0.6 is 0 Å². The topological polar surface area (TPSA) is 25.8 Å². The van der Waals surface area contributed by atoms with Crippen LogP contribution in [0.3, 0.4) is 0 Å². The van der Waals surface area contributed by atoms with E-state index in [-0.39, 0.29) is 0 Å². The smallest absolute Gasteiger partial charge is 0.119 e. The monoisotopic (exact) mass is 262 g/mol. The molecule has 1 aromatic rings. The van der Waals surface area contributed by atoms with Crippen molar-refractivity contribution in [3.63, 3.8) is 0 Å². The number of rotatable bonds is 9. The van der Waals surface area contributed by atoms with Gasteiger partial charge in [0, 0.05) is 0 Å². The predicted octanol–water partition coefficient (Wildman–Crippen LogP) is 3.03. The fourth-order valence-electron chi connectivity index (χ4n) is 2.20. The average molecular weight is 262 g/mol. The summed E-state index contributed by atoms with van der Waals surface area (Å²) in [7, 11) is 0. The van der Waals surface area contributed by atoms with Gasteiger partial charge in [0.25, 0.3) is 0 Å². The summed E-state index contributed by atoms with van der Waals surface area (Å²) in [5.74, 6) is 1.58. The number of unbranched alkanes of at least 4 members (excludes halogenated alkanes) is 1. The first-order valence-electron chi connectivity index (χ1n) is 7.31. The van der Waals surface area contributed by atoms with E-state index in [0.29, 0.717) is 5.92 Å². The van der Waals surface area contributed by atoms with Crippen LogP contribution in [-0.4, -0.2) is 19.7 Å². The van der Waals surface area contributed by atoms with Crippen molar-refractivity contribution in [1.82, 2.24) is 0 Å². The van der Waals surface area contributed by atoms with E-state index in [1.165, 1.54) is 17.5 Å². The maximum absolute atomic E-state index is 5.79. The molecule has 2 heteroatoms. The molecule has 0 fully saturated rings. The van der Waals surface area contributed by atoms with Gasteiger partial charge in [0.05, 0.1) is 19.7 Å². The highest BCUT2D eigenvalue weighted by atomic mass is 16.5. The number of benzene rings is 1. The van der Waals surface area contributed by atoms with Gasteiger partial charge in [0.2, 0.25) is 0 Å². The SMILES string of the molecule is C=CC[NH2+]CCCCOc1ccc(C(C)C)c(C)c1. The first kappa shape index (κ1) is 15.8. The Hall–Kier alpha value is -1.28. The van der Waals surface area contributed by atoms with Crippen LogP contribution in [-0.2, 0) is 0 Å². The molecular formula is C17H28NO+. The molecule has 0 bridgehead atoms. The van der Waals surface area contributed by atoms with Crippen LogP contribution in [0.2, 0.25) is 0 Å². The fourth-order valence-corrected chi connectivity index (χ4v) is 2.20. The molecule has 0 aliphatic heterocycles. The molecule has 1 aromatic carbocycles. The Balaban J connectivity index is 2.26. The van der Waals surface area contributed by atoms with Gasteiger partial charge in [-0.05, 0) is 55.0 Å². The zero-order chi connectivity index (χ0) is 14.1. The van der Waals surface area contributed by atoms with Crippen LogP contribution in [0.5, 0.6) is 5.75 Å². The molecule has 0 saturated carbocycles. The Morgan fingerprint density at radius 1 is 1.32 bits per heavy atom. The van der Waals surface area contributed by atoms with E-state index in [2.05, 4.69) is 50.9 Å². The molecule has 2 N–H and O–H groups in total. The molecule has 0 unspecified atom stereocenters. The highest BCUT2D eigenvalue weighted by molar-refractivity contribution is 5.36. The molecule has 0 amide bonds. The third-order valence-electron chi connectivity index (χ3n) is 3.27. The number of hydrogen-bond donors (Lipinski definition) is 1. The Morgan fingerprint density at radius 2 is 2.11 bits per heavy atom. The van der Waals surface area contributed by atoms with Crippen LogP contribution in [0.1, 0.15) is 43.7 Å². The van der Waals surface area contributed by atoms with Gasteiger partial charge in [-0.15, -0.1) is 0 Å². The third-order valence-corrected chi connectivity index (χ3v) is 3.27. The predicted molar refractivity (Wildman–Crippen MR) is 81.9 cm³/mol. The third kappa shape index (κ3) is 5.93. The number of nitrogens with two attached hydrogens (primary N) is 1. The molecule has 2 nitrogen and oxygen atoms in total. The molecule has 0 aliphatic rings. The first-order valence-corrected chi connectivity index (χ1v) is 7.31. The van der Waals surface area contributed by atoms with Crippen LogP contribution in [0.15, 0.2) is 30.9 Å². The lowest BCUT2D eigenvalue weighted by atomic mass is 9.98. The van der Waals surface area contributed by atoms with Gasteiger partial charge in [0.15, 0.2) is 0 Å². The van der Waals surface area contributed by atoms with Crippen molar-refractivity contribution in [2.45, 2.75) is 39.5 Å². The van der Waals surface area contributed by atoms with Gasteiger partial charge in [-0.1, -0.05) is 26.5 Å². The summed E-state index contributed by atoms with van der Waals surface area (Å²) in [5.41, 5.74) is 2.73. The van der Waals surface area contributed by atoms with Gasteiger partial charge < -0.3 is 10.1 Å². The van der Waals surface area contributed by atoms with Crippen LogP contribution < -0.4 is 10.1 Å². The van der Waals surface area contributed by atoms with Crippen LogP contribution in [0.4, 0.5) is 0 Å². The number of quaternary nitrogens is 1. The maximum atomic E-state index is 5.79. The van der Waals surface area contributed by atoms with Crippen molar-refractivity contribution in [2.24, 2.45) is 0 Å². The Bertz CT molecular complexity index is 385. The molecule has 106 valence electrons. The molecule has 0 aliphatic carbocycles. The molecule has 1 rings (SSSR count). The van der Waals surface area contributed by atoms with Gasteiger partial charge >= 0.3 is 0 Å². The maximum Gasteiger partial charge on any atom is 0.119 e. The number of aryl methyl sites for hydroxylation is 1.